The number of nitrogens with one attached hydrogen (secondary N) is 1. The molecule has 0 spiro atoms. The molecule has 6 nitrogen and oxygen atoms in total. The minimum atomic E-state index is 0.0297. The Labute approximate surface area is 191 Å². The summed E-state index contributed by atoms with van der Waals surface area (Å²) in [6.07, 6.45) is 2.00. The van der Waals surface area contributed by atoms with Crippen molar-refractivity contribution in [3.05, 3.63) is 59.7 Å². The summed E-state index contributed by atoms with van der Waals surface area (Å²) < 4.78 is 5.72. The maximum Gasteiger partial charge on any atom is 0.194 e. The van der Waals surface area contributed by atoms with Gasteiger partial charge in [0.05, 0.1) is 12.2 Å². The zero-order valence-corrected chi connectivity index (χ0v) is 19.4. The van der Waals surface area contributed by atoms with Gasteiger partial charge in [-0.2, -0.15) is 0 Å². The fraction of sp³-hybridized carbons (Fsp3) is 0.500. The summed E-state index contributed by atoms with van der Waals surface area (Å²) >= 11 is 0. The molecule has 0 saturated carbocycles. The van der Waals surface area contributed by atoms with Gasteiger partial charge in [0.25, 0.3) is 0 Å². The van der Waals surface area contributed by atoms with E-state index in [9.17, 15) is 5.11 Å². The van der Waals surface area contributed by atoms with E-state index in [0.29, 0.717) is 5.75 Å². The van der Waals surface area contributed by atoms with E-state index in [1.807, 2.05) is 18.2 Å². The summed E-state index contributed by atoms with van der Waals surface area (Å²) in [4.78, 5) is 9.78. The van der Waals surface area contributed by atoms with Crippen molar-refractivity contribution in [2.75, 3.05) is 57.4 Å². The van der Waals surface area contributed by atoms with Crippen LogP contribution >= 0.6 is 0 Å². The number of para-hydroxylation sites is 2. The number of aromatic hydroxyl groups is 1. The number of ether oxygens (including phenoxy) is 1. The van der Waals surface area contributed by atoms with E-state index in [1.165, 1.54) is 11.1 Å². The summed E-state index contributed by atoms with van der Waals surface area (Å²) in [5.74, 6) is 1.34. The van der Waals surface area contributed by atoms with E-state index < -0.39 is 0 Å². The van der Waals surface area contributed by atoms with Gasteiger partial charge in [0, 0.05) is 51.4 Å². The average Bonchev–Trinajstić information content (AvgIpc) is 2.83. The number of aryl methyl sites for hydroxylation is 1. The van der Waals surface area contributed by atoms with Crippen molar-refractivity contribution < 1.29 is 9.84 Å². The molecule has 0 aliphatic carbocycles. The van der Waals surface area contributed by atoms with Crippen molar-refractivity contribution in [3.8, 4) is 5.75 Å². The first-order valence-corrected chi connectivity index (χ1v) is 11.8. The predicted molar refractivity (Wildman–Crippen MR) is 131 cm³/mol. The smallest absolute Gasteiger partial charge is 0.194 e. The van der Waals surface area contributed by atoms with Gasteiger partial charge in [-0.05, 0) is 49.9 Å². The molecule has 0 atom stereocenters. The molecular formula is C26H36N4O2. The second-order valence-electron chi connectivity index (χ2n) is 8.84. The molecule has 0 unspecified atom stereocenters. The molecule has 2 heterocycles. The van der Waals surface area contributed by atoms with E-state index in [4.69, 9.17) is 9.73 Å². The van der Waals surface area contributed by atoms with Crippen molar-refractivity contribution in [2.45, 2.75) is 32.1 Å². The fourth-order valence-corrected chi connectivity index (χ4v) is 4.99. The quantitative estimate of drug-likeness (QED) is 0.555. The average molecular weight is 437 g/mol. The van der Waals surface area contributed by atoms with Crippen LogP contribution in [0.25, 0.3) is 0 Å². The van der Waals surface area contributed by atoms with Gasteiger partial charge in [-0.3, -0.25) is 4.99 Å². The lowest BCUT2D eigenvalue weighted by Gasteiger charge is -2.40. The Kier molecular flexibility index (Phi) is 7.20. The number of hydrogen-bond acceptors (Lipinski definition) is 4. The van der Waals surface area contributed by atoms with Crippen molar-refractivity contribution >= 4 is 11.6 Å². The van der Waals surface area contributed by atoms with Crippen LogP contribution in [0, 0.1) is 6.92 Å². The Hall–Kier alpha value is -2.73. The van der Waals surface area contributed by atoms with Crippen molar-refractivity contribution in [2.24, 2.45) is 4.99 Å². The Morgan fingerprint density at radius 3 is 2.41 bits per heavy atom. The van der Waals surface area contributed by atoms with Gasteiger partial charge in [0.15, 0.2) is 5.96 Å². The van der Waals surface area contributed by atoms with Crippen LogP contribution < -0.4 is 10.2 Å². The Bertz CT molecular complexity index is 916. The SMILES string of the molecule is CCNC(=NCC1(c2ccccc2C)CCOCC1)N1CCN(c2ccccc2O)CC1. The third kappa shape index (κ3) is 4.85. The molecule has 0 bridgehead atoms. The molecule has 0 amide bonds. The van der Waals surface area contributed by atoms with Crippen LogP contribution in [0.15, 0.2) is 53.5 Å². The Morgan fingerprint density at radius 2 is 1.72 bits per heavy atom. The minimum Gasteiger partial charge on any atom is -0.506 e. The van der Waals surface area contributed by atoms with E-state index in [0.717, 1.165) is 77.0 Å². The maximum atomic E-state index is 10.2. The van der Waals surface area contributed by atoms with E-state index >= 15 is 0 Å². The molecule has 2 N–H and O–H groups in total. The lowest BCUT2D eigenvalue weighted by atomic mass is 9.72. The van der Waals surface area contributed by atoms with Crippen LogP contribution in [-0.4, -0.2) is 68.4 Å². The normalized spacial score (nSPS) is 19.1. The molecule has 0 aromatic heterocycles. The third-order valence-corrected chi connectivity index (χ3v) is 6.83. The standard InChI is InChI=1S/C26H36N4O2/c1-3-27-25(30-16-14-29(15-17-30)23-10-6-7-11-24(23)31)28-20-26(12-18-32-19-13-26)22-9-5-4-8-21(22)2/h4-11,31H,3,12-20H2,1-2H3,(H,27,28). The number of anilines is 1. The first kappa shape index (κ1) is 22.5. The number of benzene rings is 2. The van der Waals surface area contributed by atoms with Crippen LogP contribution in [0.5, 0.6) is 5.75 Å². The number of piperazine rings is 1. The molecule has 2 saturated heterocycles. The summed E-state index contributed by atoms with van der Waals surface area (Å²) in [6.45, 7) is 11.0. The predicted octanol–water partition coefficient (Wildman–Crippen LogP) is 3.54. The van der Waals surface area contributed by atoms with Crippen LogP contribution in [0.3, 0.4) is 0 Å². The molecule has 2 aliphatic rings. The number of phenolic OH excluding ortho intramolecular Hbond substituents is 1. The van der Waals surface area contributed by atoms with E-state index in [-0.39, 0.29) is 5.41 Å². The molecular weight excluding hydrogens is 400 g/mol. The number of rotatable bonds is 5. The lowest BCUT2D eigenvalue weighted by Crippen LogP contribution is -2.53. The topological polar surface area (TPSA) is 60.3 Å². The summed E-state index contributed by atoms with van der Waals surface area (Å²) in [5.41, 5.74) is 3.69. The van der Waals surface area contributed by atoms with Gasteiger partial charge in [-0.25, -0.2) is 0 Å². The molecule has 2 fully saturated rings. The highest BCUT2D eigenvalue weighted by Crippen LogP contribution is 2.37. The Balaban J connectivity index is 1.50. The van der Waals surface area contributed by atoms with Crippen LogP contribution in [0.2, 0.25) is 0 Å². The number of guanidine groups is 1. The molecule has 4 rings (SSSR count). The van der Waals surface area contributed by atoms with Gasteiger partial charge in [0.1, 0.15) is 5.75 Å². The highest BCUT2D eigenvalue weighted by Gasteiger charge is 2.36. The third-order valence-electron chi connectivity index (χ3n) is 6.83. The number of aliphatic imine (C=N–C) groups is 1. The first-order valence-electron chi connectivity index (χ1n) is 11.8. The molecule has 172 valence electrons. The summed E-state index contributed by atoms with van der Waals surface area (Å²) in [5, 5.41) is 13.7. The highest BCUT2D eigenvalue weighted by atomic mass is 16.5. The largest absolute Gasteiger partial charge is 0.506 e. The highest BCUT2D eigenvalue weighted by molar-refractivity contribution is 5.80. The second kappa shape index (κ2) is 10.3. The fourth-order valence-electron chi connectivity index (χ4n) is 4.99. The van der Waals surface area contributed by atoms with Crippen LogP contribution in [-0.2, 0) is 10.2 Å². The zero-order chi connectivity index (χ0) is 22.4. The van der Waals surface area contributed by atoms with Crippen molar-refractivity contribution in [1.29, 1.82) is 0 Å². The van der Waals surface area contributed by atoms with E-state index in [2.05, 4.69) is 53.2 Å². The number of hydrogen-bond donors (Lipinski definition) is 2. The van der Waals surface area contributed by atoms with Gasteiger partial charge < -0.3 is 25.0 Å². The molecule has 2 aromatic carbocycles. The maximum absolute atomic E-state index is 10.2. The first-order chi connectivity index (χ1) is 15.6. The molecule has 6 heteroatoms. The van der Waals surface area contributed by atoms with Crippen LogP contribution in [0.1, 0.15) is 30.9 Å². The monoisotopic (exact) mass is 436 g/mol. The number of nitrogens with zero attached hydrogens (tertiary/aromatic N) is 3. The summed E-state index contributed by atoms with van der Waals surface area (Å²) in [7, 11) is 0. The van der Waals surface area contributed by atoms with Gasteiger partial charge in [0.2, 0.25) is 0 Å². The van der Waals surface area contributed by atoms with Gasteiger partial charge >= 0.3 is 0 Å². The van der Waals surface area contributed by atoms with Crippen molar-refractivity contribution in [3.63, 3.8) is 0 Å². The Morgan fingerprint density at radius 1 is 1.03 bits per heavy atom. The van der Waals surface area contributed by atoms with Crippen LogP contribution in [0.4, 0.5) is 5.69 Å². The molecule has 0 radical (unpaired) electrons. The lowest BCUT2D eigenvalue weighted by molar-refractivity contribution is 0.0528. The second-order valence-corrected chi connectivity index (χ2v) is 8.84. The van der Waals surface area contributed by atoms with Gasteiger partial charge in [-0.1, -0.05) is 36.4 Å². The zero-order valence-electron chi connectivity index (χ0n) is 19.4. The number of phenols is 1. The summed E-state index contributed by atoms with van der Waals surface area (Å²) in [6, 6.07) is 16.3. The van der Waals surface area contributed by atoms with E-state index in [1.54, 1.807) is 6.07 Å². The van der Waals surface area contributed by atoms with Crippen molar-refractivity contribution in [1.82, 2.24) is 10.2 Å². The van der Waals surface area contributed by atoms with Gasteiger partial charge in [-0.15, -0.1) is 0 Å². The molecule has 32 heavy (non-hydrogen) atoms. The minimum absolute atomic E-state index is 0.0297. The molecule has 2 aliphatic heterocycles. The molecule has 2 aromatic rings.